The van der Waals surface area contributed by atoms with Crippen LogP contribution in [-0.4, -0.2) is 34.3 Å². The fraction of sp³-hybridized carbons (Fsp3) is 0.182. The zero-order valence-electron chi connectivity index (χ0n) is 17.3. The summed E-state index contributed by atoms with van der Waals surface area (Å²) in [6.45, 7) is 2.35. The molecule has 7 nitrogen and oxygen atoms in total. The summed E-state index contributed by atoms with van der Waals surface area (Å²) >= 11 is 4.24. The number of nitrogens with zero attached hydrogens (tertiary/aromatic N) is 2. The van der Waals surface area contributed by atoms with Crippen molar-refractivity contribution in [3.63, 3.8) is 0 Å². The number of hydrogen-bond donors (Lipinski definition) is 1. The lowest BCUT2D eigenvalue weighted by Crippen LogP contribution is -2.23. The van der Waals surface area contributed by atoms with Gasteiger partial charge in [0.15, 0.2) is 5.16 Å². The number of esters is 1. The van der Waals surface area contributed by atoms with Crippen LogP contribution in [0.15, 0.2) is 57.1 Å². The van der Waals surface area contributed by atoms with Gasteiger partial charge in [0, 0.05) is 28.1 Å². The first-order valence-electron chi connectivity index (χ1n) is 9.68. The Morgan fingerprint density at radius 2 is 1.97 bits per heavy atom. The standard InChI is InChI=1S/C22H19N3O4S3/c1-3-25-20(27)18-15(16-5-4-10-30-16)11-31-19(18)24-22(25)32-12-17(26)23-14-8-6-13(7-9-14)21(28)29-2/h4-11H,3,12H2,1-2H3,(H,23,26). The van der Waals surface area contributed by atoms with E-state index in [9.17, 15) is 14.4 Å². The lowest BCUT2D eigenvalue weighted by molar-refractivity contribution is -0.113. The summed E-state index contributed by atoms with van der Waals surface area (Å²) in [5.41, 5.74) is 1.79. The predicted octanol–water partition coefficient (Wildman–Crippen LogP) is 4.72. The van der Waals surface area contributed by atoms with Crippen LogP contribution in [0.4, 0.5) is 5.69 Å². The second-order valence-electron chi connectivity index (χ2n) is 6.66. The topological polar surface area (TPSA) is 90.3 Å². The highest BCUT2D eigenvalue weighted by Crippen LogP contribution is 2.34. The SMILES string of the molecule is CCn1c(SCC(=O)Nc2ccc(C(=O)OC)cc2)nc2scc(-c3cccs3)c2c1=O. The fourth-order valence-electron chi connectivity index (χ4n) is 3.14. The van der Waals surface area contributed by atoms with Gasteiger partial charge in [-0.1, -0.05) is 17.8 Å². The quantitative estimate of drug-likeness (QED) is 0.231. The van der Waals surface area contributed by atoms with Gasteiger partial charge >= 0.3 is 5.97 Å². The molecule has 4 aromatic rings. The third-order valence-corrected chi connectivity index (χ3v) is 7.44. The molecule has 0 aliphatic heterocycles. The van der Waals surface area contributed by atoms with E-state index in [1.54, 1.807) is 40.2 Å². The van der Waals surface area contributed by atoms with Crippen molar-refractivity contribution >= 4 is 62.2 Å². The summed E-state index contributed by atoms with van der Waals surface area (Å²) in [6, 6.07) is 10.4. The van der Waals surface area contributed by atoms with Gasteiger partial charge in [0.05, 0.1) is 23.8 Å². The molecule has 0 radical (unpaired) electrons. The van der Waals surface area contributed by atoms with Crippen molar-refractivity contribution in [1.82, 2.24) is 9.55 Å². The van der Waals surface area contributed by atoms with Gasteiger partial charge in [0.1, 0.15) is 4.83 Å². The zero-order chi connectivity index (χ0) is 22.7. The molecular formula is C22H19N3O4S3. The van der Waals surface area contributed by atoms with Gasteiger partial charge in [0.2, 0.25) is 5.91 Å². The first kappa shape index (κ1) is 22.3. The van der Waals surface area contributed by atoms with Gasteiger partial charge < -0.3 is 10.1 Å². The number of nitrogens with one attached hydrogen (secondary N) is 1. The largest absolute Gasteiger partial charge is 0.465 e. The number of carbonyl (C=O) groups is 2. The molecule has 0 aliphatic rings. The summed E-state index contributed by atoms with van der Waals surface area (Å²) in [5.74, 6) is -0.573. The smallest absolute Gasteiger partial charge is 0.337 e. The van der Waals surface area contributed by atoms with Gasteiger partial charge in [-0.05, 0) is 42.6 Å². The molecule has 1 N–H and O–H groups in total. The molecule has 1 amide bonds. The van der Waals surface area contributed by atoms with E-state index in [0.29, 0.717) is 33.2 Å². The van der Waals surface area contributed by atoms with Crippen LogP contribution in [0.5, 0.6) is 0 Å². The predicted molar refractivity (Wildman–Crippen MR) is 130 cm³/mol. The number of aromatic nitrogens is 2. The Balaban J connectivity index is 1.51. The summed E-state index contributed by atoms with van der Waals surface area (Å²) < 4.78 is 6.27. The number of carbonyl (C=O) groups excluding carboxylic acids is 2. The van der Waals surface area contributed by atoms with Crippen molar-refractivity contribution < 1.29 is 14.3 Å². The van der Waals surface area contributed by atoms with Gasteiger partial charge in [-0.15, -0.1) is 22.7 Å². The normalized spacial score (nSPS) is 10.9. The lowest BCUT2D eigenvalue weighted by atomic mass is 10.2. The highest BCUT2D eigenvalue weighted by atomic mass is 32.2. The second-order valence-corrected chi connectivity index (χ2v) is 9.40. The van der Waals surface area contributed by atoms with Crippen LogP contribution in [0.2, 0.25) is 0 Å². The number of benzene rings is 1. The Bertz CT molecular complexity index is 1330. The molecule has 32 heavy (non-hydrogen) atoms. The van der Waals surface area contributed by atoms with Gasteiger partial charge in [0.25, 0.3) is 5.56 Å². The Kier molecular flexibility index (Phi) is 6.73. The Morgan fingerprint density at radius 3 is 2.62 bits per heavy atom. The molecule has 0 unspecified atom stereocenters. The summed E-state index contributed by atoms with van der Waals surface area (Å²) in [4.78, 5) is 43.5. The van der Waals surface area contributed by atoms with E-state index in [1.807, 2.05) is 29.8 Å². The average Bonchev–Trinajstić information content (AvgIpc) is 3.47. The molecule has 0 bridgehead atoms. The minimum Gasteiger partial charge on any atom is -0.465 e. The number of anilines is 1. The van der Waals surface area contributed by atoms with Crippen molar-refractivity contribution in [3.8, 4) is 10.4 Å². The average molecular weight is 486 g/mol. The van der Waals surface area contributed by atoms with E-state index in [0.717, 1.165) is 10.4 Å². The maximum absolute atomic E-state index is 13.2. The van der Waals surface area contributed by atoms with Crippen molar-refractivity contribution in [2.45, 2.75) is 18.6 Å². The van der Waals surface area contributed by atoms with Gasteiger partial charge in [-0.2, -0.15) is 0 Å². The molecule has 0 saturated carbocycles. The molecule has 1 aromatic carbocycles. The maximum atomic E-state index is 13.2. The first-order valence-corrected chi connectivity index (χ1v) is 12.4. The van der Waals surface area contributed by atoms with E-state index in [4.69, 9.17) is 0 Å². The Labute approximate surface area is 196 Å². The number of fused-ring (bicyclic) bond motifs is 1. The Morgan fingerprint density at radius 1 is 1.19 bits per heavy atom. The Hall–Kier alpha value is -2.95. The van der Waals surface area contributed by atoms with Crippen LogP contribution >= 0.6 is 34.4 Å². The number of thioether (sulfide) groups is 1. The van der Waals surface area contributed by atoms with E-state index in [2.05, 4.69) is 15.0 Å². The van der Waals surface area contributed by atoms with Crippen LogP contribution < -0.4 is 10.9 Å². The third-order valence-electron chi connectivity index (χ3n) is 4.68. The number of ether oxygens (including phenoxy) is 1. The van der Waals surface area contributed by atoms with E-state index < -0.39 is 5.97 Å². The third kappa shape index (κ3) is 4.47. The molecule has 0 fully saturated rings. The highest BCUT2D eigenvalue weighted by molar-refractivity contribution is 7.99. The van der Waals surface area contributed by atoms with Crippen LogP contribution in [-0.2, 0) is 16.1 Å². The monoisotopic (exact) mass is 485 g/mol. The molecule has 0 aliphatic carbocycles. The highest BCUT2D eigenvalue weighted by Gasteiger charge is 2.18. The molecular weight excluding hydrogens is 466 g/mol. The molecule has 4 rings (SSSR count). The maximum Gasteiger partial charge on any atom is 0.337 e. The van der Waals surface area contributed by atoms with Crippen LogP contribution in [0.3, 0.4) is 0 Å². The molecule has 0 spiro atoms. The van der Waals surface area contributed by atoms with Crippen LogP contribution in [0, 0.1) is 0 Å². The number of hydrogen-bond acceptors (Lipinski definition) is 8. The van der Waals surface area contributed by atoms with E-state index in [-0.39, 0.29) is 17.2 Å². The number of thiophene rings is 2. The summed E-state index contributed by atoms with van der Waals surface area (Å²) in [6.07, 6.45) is 0. The lowest BCUT2D eigenvalue weighted by Gasteiger charge is -2.10. The molecule has 164 valence electrons. The molecule has 0 atom stereocenters. The van der Waals surface area contributed by atoms with E-state index >= 15 is 0 Å². The molecule has 3 heterocycles. The first-order chi connectivity index (χ1) is 15.5. The minimum absolute atomic E-state index is 0.0940. The van der Waals surface area contributed by atoms with Crippen LogP contribution in [0.1, 0.15) is 17.3 Å². The number of methoxy groups -OCH3 is 1. The van der Waals surface area contributed by atoms with E-state index in [1.165, 1.54) is 30.2 Å². The minimum atomic E-state index is -0.437. The number of amides is 1. The van der Waals surface area contributed by atoms with Crippen molar-refractivity contribution in [2.75, 3.05) is 18.2 Å². The summed E-state index contributed by atoms with van der Waals surface area (Å²) in [7, 11) is 1.32. The van der Waals surface area contributed by atoms with Crippen molar-refractivity contribution in [2.24, 2.45) is 0 Å². The summed E-state index contributed by atoms with van der Waals surface area (Å²) in [5, 5.41) is 7.87. The van der Waals surface area contributed by atoms with Crippen molar-refractivity contribution in [1.29, 1.82) is 0 Å². The zero-order valence-corrected chi connectivity index (χ0v) is 19.7. The van der Waals surface area contributed by atoms with Crippen LogP contribution in [0.25, 0.3) is 20.7 Å². The molecule has 0 saturated heterocycles. The number of rotatable bonds is 7. The molecule has 3 aromatic heterocycles. The fourth-order valence-corrected chi connectivity index (χ4v) is 5.81. The van der Waals surface area contributed by atoms with Gasteiger partial charge in [-0.3, -0.25) is 14.2 Å². The second kappa shape index (κ2) is 9.68. The van der Waals surface area contributed by atoms with Gasteiger partial charge in [-0.25, -0.2) is 9.78 Å². The van der Waals surface area contributed by atoms with Crippen molar-refractivity contribution in [3.05, 3.63) is 63.1 Å². The molecule has 10 heteroatoms.